The number of aryl methyl sites for hydroxylation is 1. The fourth-order valence-electron chi connectivity index (χ4n) is 4.17. The summed E-state index contributed by atoms with van der Waals surface area (Å²) in [5.74, 6) is 0. The molecular weight excluding hydrogens is 442 g/mol. The van der Waals surface area contributed by atoms with Gasteiger partial charge in [-0.05, 0) is 47.9 Å². The average molecular weight is 466 g/mol. The first-order valence-electron chi connectivity index (χ1n) is 10.5. The number of hydrogen-bond acceptors (Lipinski definition) is 4. The second kappa shape index (κ2) is 9.43. The highest BCUT2D eigenvalue weighted by Crippen LogP contribution is 2.31. The van der Waals surface area contributed by atoms with E-state index in [0.29, 0.717) is 31.2 Å². The molecule has 0 radical (unpaired) electrons. The summed E-state index contributed by atoms with van der Waals surface area (Å²) in [4.78, 5) is 2.39. The molecule has 4 rings (SSSR count). The summed E-state index contributed by atoms with van der Waals surface area (Å²) in [6.07, 6.45) is 0. The zero-order valence-electron chi connectivity index (χ0n) is 17.8. The molecule has 0 unspecified atom stereocenters. The van der Waals surface area contributed by atoms with E-state index in [1.165, 1.54) is 4.31 Å². The lowest BCUT2D eigenvalue weighted by Crippen LogP contribution is -2.49. The molecular formula is C25H24ClN3O2S. The van der Waals surface area contributed by atoms with E-state index in [-0.39, 0.29) is 16.5 Å². The van der Waals surface area contributed by atoms with Crippen molar-refractivity contribution in [2.75, 3.05) is 26.2 Å². The lowest BCUT2D eigenvalue weighted by atomic mass is 9.96. The zero-order chi connectivity index (χ0) is 22.7. The van der Waals surface area contributed by atoms with Gasteiger partial charge in [0, 0.05) is 31.2 Å². The molecule has 32 heavy (non-hydrogen) atoms. The van der Waals surface area contributed by atoms with Crippen LogP contribution in [-0.2, 0) is 10.0 Å². The van der Waals surface area contributed by atoms with Gasteiger partial charge in [0.15, 0.2) is 0 Å². The van der Waals surface area contributed by atoms with Crippen molar-refractivity contribution >= 4 is 21.6 Å². The summed E-state index contributed by atoms with van der Waals surface area (Å²) in [5.41, 5.74) is 3.26. The molecule has 1 aliphatic heterocycles. The highest BCUT2D eigenvalue weighted by atomic mass is 35.5. The van der Waals surface area contributed by atoms with Gasteiger partial charge in [-0.1, -0.05) is 60.1 Å². The average Bonchev–Trinajstić information content (AvgIpc) is 2.81. The Morgan fingerprint density at radius 2 is 1.53 bits per heavy atom. The Balaban J connectivity index is 1.59. The van der Waals surface area contributed by atoms with Gasteiger partial charge in [-0.15, -0.1) is 0 Å². The van der Waals surface area contributed by atoms with Gasteiger partial charge in [0.1, 0.15) is 11.0 Å². The molecule has 3 aromatic carbocycles. The molecule has 1 fully saturated rings. The van der Waals surface area contributed by atoms with E-state index in [9.17, 15) is 13.7 Å². The summed E-state index contributed by atoms with van der Waals surface area (Å²) in [7, 11) is -3.74. The molecule has 0 aliphatic carbocycles. The monoisotopic (exact) mass is 465 g/mol. The van der Waals surface area contributed by atoms with Crippen molar-refractivity contribution in [3.8, 4) is 6.07 Å². The van der Waals surface area contributed by atoms with Crippen LogP contribution in [-0.4, -0.2) is 43.8 Å². The van der Waals surface area contributed by atoms with Crippen molar-refractivity contribution < 1.29 is 8.42 Å². The molecule has 1 aliphatic rings. The maximum Gasteiger partial charge on any atom is 0.244 e. The van der Waals surface area contributed by atoms with Crippen molar-refractivity contribution in [3.05, 3.63) is 100 Å². The summed E-state index contributed by atoms with van der Waals surface area (Å²) < 4.78 is 28.1. The summed E-state index contributed by atoms with van der Waals surface area (Å²) in [5, 5.41) is 10.1. The number of hydrogen-bond donors (Lipinski definition) is 0. The van der Waals surface area contributed by atoms with Gasteiger partial charge in [-0.3, -0.25) is 4.90 Å². The van der Waals surface area contributed by atoms with E-state index in [4.69, 9.17) is 11.6 Å². The number of halogens is 1. The number of sulfonamides is 1. The Morgan fingerprint density at radius 1 is 0.906 bits per heavy atom. The lowest BCUT2D eigenvalue weighted by molar-refractivity contribution is 0.156. The van der Waals surface area contributed by atoms with Crippen LogP contribution < -0.4 is 0 Å². The molecule has 7 heteroatoms. The topological polar surface area (TPSA) is 64.4 Å². The van der Waals surface area contributed by atoms with Crippen LogP contribution in [0.1, 0.15) is 28.3 Å². The molecule has 0 bridgehead atoms. The Bertz CT molecular complexity index is 1230. The predicted octanol–water partition coefficient (Wildman–Crippen LogP) is 4.62. The van der Waals surface area contributed by atoms with Crippen LogP contribution in [0.5, 0.6) is 0 Å². The normalized spacial score (nSPS) is 16.4. The van der Waals surface area contributed by atoms with Crippen molar-refractivity contribution in [3.63, 3.8) is 0 Å². The largest absolute Gasteiger partial charge is 0.290 e. The van der Waals surface area contributed by atoms with Crippen molar-refractivity contribution in [1.29, 1.82) is 5.26 Å². The molecule has 0 saturated carbocycles. The third-order valence-electron chi connectivity index (χ3n) is 5.81. The first-order valence-corrected chi connectivity index (χ1v) is 12.3. The molecule has 1 saturated heterocycles. The molecule has 164 valence electrons. The quantitative estimate of drug-likeness (QED) is 0.551. The molecule has 1 heterocycles. The summed E-state index contributed by atoms with van der Waals surface area (Å²) in [6, 6.07) is 24.9. The lowest BCUT2D eigenvalue weighted by Gasteiger charge is -2.39. The fraction of sp³-hybridized carbons (Fsp3) is 0.240. The van der Waals surface area contributed by atoms with Gasteiger partial charge in [-0.2, -0.15) is 9.57 Å². The third kappa shape index (κ3) is 4.57. The second-order valence-corrected chi connectivity index (χ2v) is 10.3. The van der Waals surface area contributed by atoms with Crippen molar-refractivity contribution in [2.45, 2.75) is 17.9 Å². The second-order valence-electron chi connectivity index (χ2n) is 7.92. The van der Waals surface area contributed by atoms with Crippen LogP contribution in [0, 0.1) is 18.3 Å². The molecule has 3 aromatic rings. The minimum atomic E-state index is -3.74. The molecule has 1 atom stereocenters. The van der Waals surface area contributed by atoms with Gasteiger partial charge in [-0.25, -0.2) is 8.42 Å². The van der Waals surface area contributed by atoms with E-state index < -0.39 is 10.0 Å². The summed E-state index contributed by atoms with van der Waals surface area (Å²) in [6.45, 7) is 3.70. The Labute approximate surface area is 194 Å². The van der Waals surface area contributed by atoms with Crippen LogP contribution in [0.25, 0.3) is 0 Å². The minimum Gasteiger partial charge on any atom is -0.290 e. The smallest absolute Gasteiger partial charge is 0.244 e. The van der Waals surface area contributed by atoms with E-state index in [0.717, 1.165) is 16.7 Å². The van der Waals surface area contributed by atoms with E-state index in [2.05, 4.69) is 17.0 Å². The zero-order valence-corrected chi connectivity index (χ0v) is 19.4. The fourth-order valence-corrected chi connectivity index (χ4v) is 5.95. The van der Waals surface area contributed by atoms with Crippen LogP contribution in [0.2, 0.25) is 5.02 Å². The van der Waals surface area contributed by atoms with E-state index in [1.807, 2.05) is 55.5 Å². The summed E-state index contributed by atoms with van der Waals surface area (Å²) >= 11 is 6.10. The first-order chi connectivity index (χ1) is 15.4. The Kier molecular flexibility index (Phi) is 6.63. The maximum absolute atomic E-state index is 13.3. The predicted molar refractivity (Wildman–Crippen MR) is 126 cm³/mol. The van der Waals surface area contributed by atoms with Crippen LogP contribution in [0.3, 0.4) is 0 Å². The first kappa shape index (κ1) is 22.5. The van der Waals surface area contributed by atoms with Crippen molar-refractivity contribution in [2.24, 2.45) is 0 Å². The molecule has 0 spiro atoms. The van der Waals surface area contributed by atoms with Gasteiger partial charge in [0.25, 0.3) is 0 Å². The number of benzene rings is 3. The van der Waals surface area contributed by atoms with Crippen LogP contribution in [0.4, 0.5) is 0 Å². The Morgan fingerprint density at radius 3 is 2.16 bits per heavy atom. The number of nitrogens with zero attached hydrogens (tertiary/aromatic N) is 3. The third-order valence-corrected chi connectivity index (χ3v) is 8.01. The van der Waals surface area contributed by atoms with Crippen LogP contribution in [0.15, 0.2) is 77.7 Å². The standard InChI is InChI=1S/C25H24ClN3O2S/c1-19-7-8-22(18-27)24(17-19)32(30,31)29-15-13-28(14-16-29)25(20-5-3-2-4-6-20)21-9-11-23(26)12-10-21/h2-12,17,25H,13-16H2,1H3/t25-/m0/s1. The number of nitriles is 1. The highest BCUT2D eigenvalue weighted by molar-refractivity contribution is 7.89. The molecule has 0 amide bonds. The van der Waals surface area contributed by atoms with Gasteiger partial charge >= 0.3 is 0 Å². The van der Waals surface area contributed by atoms with Crippen LogP contribution >= 0.6 is 11.6 Å². The molecule has 0 N–H and O–H groups in total. The van der Waals surface area contributed by atoms with Gasteiger partial charge in [0.2, 0.25) is 10.0 Å². The molecule has 0 aromatic heterocycles. The SMILES string of the molecule is Cc1ccc(C#N)c(S(=O)(=O)N2CCN([C@@H](c3ccccc3)c3ccc(Cl)cc3)CC2)c1. The highest BCUT2D eigenvalue weighted by Gasteiger charge is 2.33. The molecule has 5 nitrogen and oxygen atoms in total. The number of piperazine rings is 1. The van der Waals surface area contributed by atoms with Gasteiger partial charge < -0.3 is 0 Å². The van der Waals surface area contributed by atoms with E-state index >= 15 is 0 Å². The Hall–Kier alpha value is -2.69. The van der Waals surface area contributed by atoms with E-state index in [1.54, 1.807) is 18.2 Å². The number of rotatable bonds is 5. The van der Waals surface area contributed by atoms with Crippen molar-refractivity contribution in [1.82, 2.24) is 9.21 Å². The maximum atomic E-state index is 13.3. The van der Waals surface area contributed by atoms with Gasteiger partial charge in [0.05, 0.1) is 11.6 Å². The minimum absolute atomic E-state index is 0.00644.